The van der Waals surface area contributed by atoms with Crippen molar-refractivity contribution < 1.29 is 4.74 Å². The summed E-state index contributed by atoms with van der Waals surface area (Å²) < 4.78 is 6.08. The lowest BCUT2D eigenvalue weighted by Gasteiger charge is -2.34. The summed E-state index contributed by atoms with van der Waals surface area (Å²) in [5, 5.41) is 0.604. The maximum Gasteiger partial charge on any atom is 0.213 e. The molecule has 0 aliphatic carbocycles. The first-order valence-electron chi connectivity index (χ1n) is 9.39. The van der Waals surface area contributed by atoms with Crippen molar-refractivity contribution in [3.63, 3.8) is 0 Å². The van der Waals surface area contributed by atoms with Gasteiger partial charge in [0.25, 0.3) is 0 Å². The highest BCUT2D eigenvalue weighted by molar-refractivity contribution is 6.30. The van der Waals surface area contributed by atoms with Crippen LogP contribution in [0.4, 0.5) is 5.82 Å². The number of rotatable bonds is 4. The van der Waals surface area contributed by atoms with Crippen molar-refractivity contribution in [2.45, 2.75) is 32.8 Å². The zero-order chi connectivity index (χ0) is 19.5. The molecule has 3 aromatic rings. The minimum absolute atomic E-state index is 0.0546. The molecular weight excluding hydrogens is 374 g/mol. The number of piperidine rings is 1. The summed E-state index contributed by atoms with van der Waals surface area (Å²) >= 11 is 5.91. The fourth-order valence-electron chi connectivity index (χ4n) is 3.38. The van der Waals surface area contributed by atoms with Crippen molar-refractivity contribution in [3.8, 4) is 17.3 Å². The summed E-state index contributed by atoms with van der Waals surface area (Å²) in [6.07, 6.45) is 7.22. The number of hydrogen-bond acceptors (Lipinski definition) is 6. The summed E-state index contributed by atoms with van der Waals surface area (Å²) in [7, 11) is 0. The van der Waals surface area contributed by atoms with Crippen LogP contribution in [0.5, 0.6) is 5.88 Å². The van der Waals surface area contributed by atoms with E-state index in [4.69, 9.17) is 21.3 Å². The Labute approximate surface area is 169 Å². The van der Waals surface area contributed by atoms with Crippen LogP contribution in [0.1, 0.15) is 24.1 Å². The van der Waals surface area contributed by atoms with Crippen molar-refractivity contribution >= 4 is 17.4 Å². The standard InChI is InChI=1S/C21H22ClN5O/c1-14-15(2)25-20(16-5-3-9-23-11-16)26-21(14)27-10-4-6-18(13-27)28-19-8-7-17(22)12-24-19/h3,5,7-9,11-12,18H,4,6,10,13H2,1-2H3. The quantitative estimate of drug-likeness (QED) is 0.658. The van der Waals surface area contributed by atoms with Gasteiger partial charge in [-0.15, -0.1) is 0 Å². The molecule has 0 spiro atoms. The Morgan fingerprint density at radius 3 is 2.79 bits per heavy atom. The fourth-order valence-corrected chi connectivity index (χ4v) is 3.49. The Kier molecular flexibility index (Phi) is 5.39. The second kappa shape index (κ2) is 8.10. The molecule has 3 aromatic heterocycles. The molecule has 1 atom stereocenters. The third-order valence-corrected chi connectivity index (χ3v) is 5.17. The van der Waals surface area contributed by atoms with Gasteiger partial charge < -0.3 is 9.64 Å². The lowest BCUT2D eigenvalue weighted by atomic mass is 10.1. The second-order valence-corrected chi connectivity index (χ2v) is 7.40. The van der Waals surface area contributed by atoms with Gasteiger partial charge in [0.1, 0.15) is 11.9 Å². The number of halogens is 1. The van der Waals surface area contributed by atoms with Crippen LogP contribution >= 0.6 is 11.6 Å². The van der Waals surface area contributed by atoms with Crippen molar-refractivity contribution in [1.82, 2.24) is 19.9 Å². The zero-order valence-electron chi connectivity index (χ0n) is 16.0. The molecule has 1 aliphatic heterocycles. The molecule has 6 nitrogen and oxygen atoms in total. The van der Waals surface area contributed by atoms with Gasteiger partial charge in [-0.05, 0) is 44.9 Å². The van der Waals surface area contributed by atoms with Gasteiger partial charge in [-0.1, -0.05) is 11.6 Å². The molecule has 1 aliphatic rings. The van der Waals surface area contributed by atoms with E-state index in [1.165, 1.54) is 0 Å². The highest BCUT2D eigenvalue weighted by Gasteiger charge is 2.25. The Hall–Kier alpha value is -2.73. The third-order valence-electron chi connectivity index (χ3n) is 4.95. The lowest BCUT2D eigenvalue weighted by Crippen LogP contribution is -2.42. The van der Waals surface area contributed by atoms with Gasteiger partial charge in [-0.25, -0.2) is 15.0 Å². The van der Waals surface area contributed by atoms with Crippen molar-refractivity contribution in [3.05, 3.63) is 59.1 Å². The summed E-state index contributed by atoms with van der Waals surface area (Å²) in [5.74, 6) is 2.26. The van der Waals surface area contributed by atoms with Crippen LogP contribution in [0, 0.1) is 13.8 Å². The first-order chi connectivity index (χ1) is 13.6. The molecule has 0 bridgehead atoms. The lowest BCUT2D eigenvalue weighted by molar-refractivity contribution is 0.172. The number of nitrogens with zero attached hydrogens (tertiary/aromatic N) is 5. The van der Waals surface area contributed by atoms with E-state index in [0.29, 0.717) is 16.7 Å². The largest absolute Gasteiger partial charge is 0.472 e. The molecular formula is C21H22ClN5O. The van der Waals surface area contributed by atoms with E-state index in [1.54, 1.807) is 24.7 Å². The van der Waals surface area contributed by atoms with Crippen LogP contribution in [-0.2, 0) is 0 Å². The first kappa shape index (κ1) is 18.6. The molecule has 0 amide bonds. The molecule has 1 fully saturated rings. The fraction of sp³-hybridized carbons (Fsp3) is 0.333. The SMILES string of the molecule is Cc1nc(-c2cccnc2)nc(N2CCCC(Oc3ccc(Cl)cn3)C2)c1C. The molecule has 0 N–H and O–H groups in total. The summed E-state index contributed by atoms with van der Waals surface area (Å²) in [6, 6.07) is 7.48. The molecule has 1 saturated heterocycles. The van der Waals surface area contributed by atoms with Gasteiger partial charge in [0, 0.05) is 48.0 Å². The van der Waals surface area contributed by atoms with Crippen molar-refractivity contribution in [1.29, 1.82) is 0 Å². The van der Waals surface area contributed by atoms with E-state index >= 15 is 0 Å². The monoisotopic (exact) mass is 395 g/mol. The Morgan fingerprint density at radius 1 is 1.14 bits per heavy atom. The number of aromatic nitrogens is 4. The maximum atomic E-state index is 6.08. The van der Waals surface area contributed by atoms with Crippen LogP contribution in [0.15, 0.2) is 42.9 Å². The first-order valence-corrected chi connectivity index (χ1v) is 9.77. The Bertz CT molecular complexity index is 949. The van der Waals surface area contributed by atoms with Gasteiger partial charge in [0.15, 0.2) is 5.82 Å². The predicted octanol–water partition coefficient (Wildman–Crippen LogP) is 4.25. The summed E-state index contributed by atoms with van der Waals surface area (Å²) in [5.41, 5.74) is 2.99. The molecule has 0 radical (unpaired) electrons. The molecule has 1 unspecified atom stereocenters. The molecule has 4 heterocycles. The molecule has 144 valence electrons. The smallest absolute Gasteiger partial charge is 0.213 e. The van der Waals surface area contributed by atoms with Crippen LogP contribution in [0.2, 0.25) is 5.02 Å². The number of anilines is 1. The maximum absolute atomic E-state index is 6.08. The minimum Gasteiger partial charge on any atom is -0.472 e. The van der Waals surface area contributed by atoms with E-state index in [-0.39, 0.29) is 6.10 Å². The van der Waals surface area contributed by atoms with E-state index < -0.39 is 0 Å². The molecule has 4 rings (SSSR count). The normalized spacial score (nSPS) is 16.8. The van der Waals surface area contributed by atoms with E-state index in [2.05, 4.69) is 26.8 Å². The van der Waals surface area contributed by atoms with Crippen LogP contribution in [0.25, 0.3) is 11.4 Å². The van der Waals surface area contributed by atoms with Crippen LogP contribution < -0.4 is 9.64 Å². The number of pyridine rings is 2. The van der Waals surface area contributed by atoms with E-state index in [9.17, 15) is 0 Å². The second-order valence-electron chi connectivity index (χ2n) is 6.97. The number of aryl methyl sites for hydroxylation is 1. The van der Waals surface area contributed by atoms with E-state index in [0.717, 1.165) is 48.6 Å². The van der Waals surface area contributed by atoms with Gasteiger partial charge in [0.05, 0.1) is 11.6 Å². The van der Waals surface area contributed by atoms with Gasteiger partial charge >= 0.3 is 0 Å². The molecule has 0 saturated carbocycles. The average molecular weight is 396 g/mol. The Morgan fingerprint density at radius 2 is 2.04 bits per heavy atom. The number of ether oxygens (including phenoxy) is 1. The van der Waals surface area contributed by atoms with Crippen LogP contribution in [-0.4, -0.2) is 39.1 Å². The molecule has 28 heavy (non-hydrogen) atoms. The van der Waals surface area contributed by atoms with Gasteiger partial charge in [0.2, 0.25) is 5.88 Å². The molecule has 0 aromatic carbocycles. The van der Waals surface area contributed by atoms with Crippen LogP contribution in [0.3, 0.4) is 0 Å². The highest BCUT2D eigenvalue weighted by atomic mass is 35.5. The summed E-state index contributed by atoms with van der Waals surface area (Å²) in [4.78, 5) is 20.3. The third kappa shape index (κ3) is 4.07. The highest BCUT2D eigenvalue weighted by Crippen LogP contribution is 2.27. The predicted molar refractivity (Wildman–Crippen MR) is 110 cm³/mol. The van der Waals surface area contributed by atoms with Gasteiger partial charge in [-0.3, -0.25) is 4.98 Å². The van der Waals surface area contributed by atoms with E-state index in [1.807, 2.05) is 25.1 Å². The summed E-state index contributed by atoms with van der Waals surface area (Å²) in [6.45, 7) is 5.80. The Balaban J connectivity index is 1.57. The van der Waals surface area contributed by atoms with Gasteiger partial charge in [-0.2, -0.15) is 0 Å². The number of hydrogen-bond donors (Lipinski definition) is 0. The average Bonchev–Trinajstić information content (AvgIpc) is 2.72. The molecule has 7 heteroatoms. The zero-order valence-corrected chi connectivity index (χ0v) is 16.7. The minimum atomic E-state index is 0.0546. The van der Waals surface area contributed by atoms with Crippen molar-refractivity contribution in [2.75, 3.05) is 18.0 Å². The topological polar surface area (TPSA) is 64.0 Å². The van der Waals surface area contributed by atoms with Crippen molar-refractivity contribution in [2.24, 2.45) is 0 Å².